The minimum atomic E-state index is 0.111. The van der Waals surface area contributed by atoms with Gasteiger partial charge in [0, 0.05) is 37.9 Å². The van der Waals surface area contributed by atoms with Gasteiger partial charge in [-0.1, -0.05) is 43.7 Å². The quantitative estimate of drug-likeness (QED) is 0.597. The fraction of sp³-hybridized carbons (Fsp3) is 0.391. The van der Waals surface area contributed by atoms with Crippen molar-refractivity contribution in [2.45, 2.75) is 33.1 Å². The molecule has 0 aliphatic carbocycles. The average Bonchev–Trinajstić information content (AvgIpc) is 3.18. The van der Waals surface area contributed by atoms with Crippen molar-refractivity contribution in [1.82, 2.24) is 19.9 Å². The summed E-state index contributed by atoms with van der Waals surface area (Å²) in [6.07, 6.45) is 5.02. The average molecular weight is 422 g/mol. The van der Waals surface area contributed by atoms with Gasteiger partial charge in [-0.05, 0) is 25.8 Å². The molecule has 1 amide bonds. The highest BCUT2D eigenvalue weighted by atomic mass is 32.1. The van der Waals surface area contributed by atoms with Gasteiger partial charge in [-0.15, -0.1) is 11.3 Å². The molecular formula is C23H27N5OS. The second-order valence-electron chi connectivity index (χ2n) is 7.51. The molecule has 0 unspecified atom stereocenters. The third kappa shape index (κ3) is 4.51. The van der Waals surface area contributed by atoms with Gasteiger partial charge in [0.2, 0.25) is 0 Å². The molecule has 7 heteroatoms. The van der Waals surface area contributed by atoms with E-state index < -0.39 is 0 Å². The summed E-state index contributed by atoms with van der Waals surface area (Å²) in [4.78, 5) is 31.8. The maximum Gasteiger partial charge on any atom is 0.265 e. The number of hydrogen-bond donors (Lipinski definition) is 0. The van der Waals surface area contributed by atoms with E-state index in [9.17, 15) is 4.79 Å². The molecule has 3 aromatic rings. The summed E-state index contributed by atoms with van der Waals surface area (Å²) in [5.41, 5.74) is 1.87. The molecule has 0 N–H and O–H groups in total. The van der Waals surface area contributed by atoms with Gasteiger partial charge in [-0.3, -0.25) is 4.79 Å². The zero-order valence-corrected chi connectivity index (χ0v) is 18.4. The van der Waals surface area contributed by atoms with Gasteiger partial charge < -0.3 is 9.80 Å². The van der Waals surface area contributed by atoms with Crippen molar-refractivity contribution in [1.29, 1.82) is 0 Å². The molecule has 0 bridgehead atoms. The highest BCUT2D eigenvalue weighted by molar-refractivity contribution is 7.13. The number of hydrogen-bond acceptors (Lipinski definition) is 6. The summed E-state index contributed by atoms with van der Waals surface area (Å²) in [6, 6.07) is 11.9. The van der Waals surface area contributed by atoms with Crippen LogP contribution in [0.5, 0.6) is 0 Å². The molecular weight excluding hydrogens is 394 g/mol. The van der Waals surface area contributed by atoms with E-state index in [4.69, 9.17) is 4.98 Å². The Hall–Kier alpha value is -2.80. The normalized spacial score (nSPS) is 14.2. The van der Waals surface area contributed by atoms with Gasteiger partial charge in [0.1, 0.15) is 10.7 Å². The largest absolute Gasteiger partial charge is 0.353 e. The second kappa shape index (κ2) is 9.34. The van der Waals surface area contributed by atoms with E-state index in [-0.39, 0.29) is 5.91 Å². The Morgan fingerprint density at radius 3 is 2.57 bits per heavy atom. The molecule has 1 aliphatic heterocycles. The van der Waals surface area contributed by atoms with Crippen molar-refractivity contribution in [2.24, 2.45) is 0 Å². The van der Waals surface area contributed by atoms with Crippen LogP contribution in [0, 0.1) is 6.92 Å². The Kier molecular flexibility index (Phi) is 6.38. The molecule has 1 fully saturated rings. The highest BCUT2D eigenvalue weighted by Gasteiger charge is 2.26. The maximum absolute atomic E-state index is 13.0. The number of aryl methyl sites for hydroxylation is 2. The van der Waals surface area contributed by atoms with Crippen LogP contribution in [-0.4, -0.2) is 51.9 Å². The number of anilines is 1. The molecule has 1 aromatic carbocycles. The maximum atomic E-state index is 13.0. The summed E-state index contributed by atoms with van der Waals surface area (Å²) in [5, 5.41) is 1.07. The number of unbranched alkanes of at least 4 members (excludes halogenated alkanes) is 1. The van der Waals surface area contributed by atoms with E-state index >= 15 is 0 Å². The number of carbonyl (C=O) groups is 1. The predicted molar refractivity (Wildman–Crippen MR) is 121 cm³/mol. The van der Waals surface area contributed by atoms with E-state index in [2.05, 4.69) is 21.8 Å². The number of carbonyl (C=O) groups excluding carboxylic acids is 1. The second-order valence-corrected chi connectivity index (χ2v) is 8.59. The van der Waals surface area contributed by atoms with Gasteiger partial charge in [-0.25, -0.2) is 15.0 Å². The third-order valence-corrected chi connectivity index (χ3v) is 6.55. The van der Waals surface area contributed by atoms with E-state index in [1.165, 1.54) is 0 Å². The zero-order valence-electron chi connectivity index (χ0n) is 17.5. The lowest BCUT2D eigenvalue weighted by Crippen LogP contribution is -2.49. The van der Waals surface area contributed by atoms with E-state index in [1.807, 2.05) is 48.2 Å². The lowest BCUT2D eigenvalue weighted by atomic mass is 10.2. The Balaban J connectivity index is 1.41. The fourth-order valence-electron chi connectivity index (χ4n) is 3.62. The van der Waals surface area contributed by atoms with Gasteiger partial charge in [0.15, 0.2) is 5.82 Å². The molecule has 1 saturated heterocycles. The third-order valence-electron chi connectivity index (χ3n) is 5.34. The van der Waals surface area contributed by atoms with Crippen molar-refractivity contribution >= 4 is 23.1 Å². The Morgan fingerprint density at radius 1 is 1.07 bits per heavy atom. The number of nitrogens with zero attached hydrogens (tertiary/aromatic N) is 5. The molecule has 1 aliphatic rings. The van der Waals surface area contributed by atoms with Crippen molar-refractivity contribution in [3.8, 4) is 11.4 Å². The van der Waals surface area contributed by atoms with Crippen molar-refractivity contribution in [3.63, 3.8) is 0 Å². The van der Waals surface area contributed by atoms with E-state index in [0.717, 1.165) is 65.1 Å². The highest BCUT2D eigenvalue weighted by Crippen LogP contribution is 2.24. The topological polar surface area (TPSA) is 62.2 Å². The van der Waals surface area contributed by atoms with Gasteiger partial charge in [-0.2, -0.15) is 0 Å². The van der Waals surface area contributed by atoms with E-state index in [0.29, 0.717) is 13.1 Å². The summed E-state index contributed by atoms with van der Waals surface area (Å²) in [7, 11) is 0. The fourth-order valence-corrected chi connectivity index (χ4v) is 4.69. The lowest BCUT2D eigenvalue weighted by Gasteiger charge is -2.35. The summed E-state index contributed by atoms with van der Waals surface area (Å²) < 4.78 is 0. The van der Waals surface area contributed by atoms with Crippen LogP contribution in [0.15, 0.2) is 42.6 Å². The van der Waals surface area contributed by atoms with Crippen LogP contribution in [-0.2, 0) is 6.42 Å². The minimum Gasteiger partial charge on any atom is -0.353 e. The van der Waals surface area contributed by atoms with Crippen molar-refractivity contribution < 1.29 is 4.79 Å². The molecule has 0 spiro atoms. The first-order valence-electron chi connectivity index (χ1n) is 10.5. The SMILES string of the molecule is CCCCc1nc(C)c(C(=O)N2CCN(c3ccnc(-c4ccccc4)n3)CC2)s1. The number of piperazine rings is 1. The summed E-state index contributed by atoms with van der Waals surface area (Å²) in [6.45, 7) is 7.01. The van der Waals surface area contributed by atoms with E-state index in [1.54, 1.807) is 17.5 Å². The smallest absolute Gasteiger partial charge is 0.265 e. The molecule has 30 heavy (non-hydrogen) atoms. The van der Waals surface area contributed by atoms with Crippen LogP contribution in [0.4, 0.5) is 5.82 Å². The molecule has 0 saturated carbocycles. The molecule has 4 rings (SSSR count). The number of aromatic nitrogens is 3. The van der Waals surface area contributed by atoms with Crippen LogP contribution in [0.2, 0.25) is 0 Å². The van der Waals surface area contributed by atoms with Gasteiger partial charge in [0.25, 0.3) is 5.91 Å². The Morgan fingerprint density at radius 2 is 1.83 bits per heavy atom. The molecule has 6 nitrogen and oxygen atoms in total. The number of benzene rings is 1. The minimum absolute atomic E-state index is 0.111. The first-order valence-corrected chi connectivity index (χ1v) is 11.4. The van der Waals surface area contributed by atoms with Crippen LogP contribution in [0.1, 0.15) is 40.1 Å². The van der Waals surface area contributed by atoms with Crippen LogP contribution >= 0.6 is 11.3 Å². The number of thiazole rings is 1. The van der Waals surface area contributed by atoms with Crippen molar-refractivity contribution in [3.05, 3.63) is 58.2 Å². The standard InChI is InChI=1S/C23H27N5OS/c1-3-4-10-20-25-17(2)21(30-20)23(29)28-15-13-27(14-16-28)19-11-12-24-22(26-19)18-8-6-5-7-9-18/h5-9,11-12H,3-4,10,13-16H2,1-2H3. The number of amides is 1. The Bertz CT molecular complexity index is 996. The zero-order chi connectivity index (χ0) is 20.9. The van der Waals surface area contributed by atoms with Crippen LogP contribution in [0.3, 0.4) is 0 Å². The molecule has 0 atom stereocenters. The summed E-state index contributed by atoms with van der Waals surface area (Å²) in [5.74, 6) is 1.75. The van der Waals surface area contributed by atoms with Gasteiger partial charge >= 0.3 is 0 Å². The predicted octanol–water partition coefficient (Wildman–Crippen LogP) is 4.21. The molecule has 0 radical (unpaired) electrons. The molecule has 3 heterocycles. The monoisotopic (exact) mass is 421 g/mol. The van der Waals surface area contributed by atoms with Crippen LogP contribution in [0.25, 0.3) is 11.4 Å². The van der Waals surface area contributed by atoms with Crippen LogP contribution < -0.4 is 4.90 Å². The van der Waals surface area contributed by atoms with Crippen molar-refractivity contribution in [2.75, 3.05) is 31.1 Å². The Labute approximate surface area is 181 Å². The molecule has 156 valence electrons. The lowest BCUT2D eigenvalue weighted by molar-refractivity contribution is 0.0750. The first-order chi connectivity index (χ1) is 14.7. The summed E-state index contributed by atoms with van der Waals surface area (Å²) >= 11 is 1.56. The van der Waals surface area contributed by atoms with Gasteiger partial charge in [0.05, 0.1) is 10.7 Å². The number of rotatable bonds is 6. The first kappa shape index (κ1) is 20.5. The molecule has 2 aromatic heterocycles.